The van der Waals surface area contributed by atoms with Crippen LogP contribution in [0.15, 0.2) is 12.1 Å². The molecule has 1 aliphatic rings. The Kier molecular flexibility index (Phi) is 1.43. The van der Waals surface area contributed by atoms with Gasteiger partial charge in [-0.05, 0) is 0 Å². The molecule has 15 heavy (non-hydrogen) atoms. The normalized spacial score (nSPS) is 17.2. The standard InChI is InChI=1S/C8H4F2N2O2S/c9-8(10)13-4-1-3-6(2-5(4)14-8)15-7(11)12-3/h1-2H,(H2,11,12). The first kappa shape index (κ1) is 8.66. The summed E-state index contributed by atoms with van der Waals surface area (Å²) < 4.78 is 34.6. The van der Waals surface area contributed by atoms with Gasteiger partial charge in [-0.3, -0.25) is 0 Å². The van der Waals surface area contributed by atoms with Crippen LogP contribution in [-0.2, 0) is 0 Å². The predicted molar refractivity (Wildman–Crippen MR) is 50.2 cm³/mol. The maximum absolute atomic E-state index is 12.7. The highest BCUT2D eigenvalue weighted by atomic mass is 32.1. The van der Waals surface area contributed by atoms with Gasteiger partial charge in [0.05, 0.1) is 10.2 Å². The van der Waals surface area contributed by atoms with E-state index in [2.05, 4.69) is 14.5 Å². The third-order valence-electron chi connectivity index (χ3n) is 1.93. The fraction of sp³-hybridized carbons (Fsp3) is 0.125. The molecular formula is C8H4F2N2O2S. The van der Waals surface area contributed by atoms with E-state index in [-0.39, 0.29) is 11.5 Å². The number of aromatic nitrogens is 1. The predicted octanol–water partition coefficient (Wildman–Crippen LogP) is 2.20. The molecule has 0 fully saturated rings. The Morgan fingerprint density at radius 2 is 1.93 bits per heavy atom. The molecule has 0 spiro atoms. The molecule has 2 heterocycles. The zero-order valence-corrected chi connectivity index (χ0v) is 7.98. The SMILES string of the molecule is Nc1nc2cc3c(cc2s1)OC(F)(F)O3. The van der Waals surface area contributed by atoms with Gasteiger partial charge < -0.3 is 15.2 Å². The zero-order chi connectivity index (χ0) is 10.6. The topological polar surface area (TPSA) is 57.4 Å². The quantitative estimate of drug-likeness (QED) is 0.753. The number of fused-ring (bicyclic) bond motifs is 2. The molecule has 0 saturated carbocycles. The summed E-state index contributed by atoms with van der Waals surface area (Å²) >= 11 is 1.20. The van der Waals surface area contributed by atoms with Gasteiger partial charge in [0.15, 0.2) is 16.6 Å². The molecule has 3 rings (SSSR count). The number of halogens is 2. The highest BCUT2D eigenvalue weighted by Gasteiger charge is 2.43. The Hall–Kier alpha value is -1.63. The summed E-state index contributed by atoms with van der Waals surface area (Å²) in [5.74, 6) is -0.00560. The van der Waals surface area contributed by atoms with Crippen LogP contribution in [0.1, 0.15) is 0 Å². The van der Waals surface area contributed by atoms with E-state index in [9.17, 15) is 8.78 Å². The minimum Gasteiger partial charge on any atom is -0.395 e. The molecule has 2 aromatic rings. The largest absolute Gasteiger partial charge is 0.586 e. The highest BCUT2D eigenvalue weighted by molar-refractivity contribution is 7.22. The van der Waals surface area contributed by atoms with E-state index < -0.39 is 6.29 Å². The number of rotatable bonds is 0. The Morgan fingerprint density at radius 3 is 2.67 bits per heavy atom. The first-order valence-corrected chi connectivity index (χ1v) is 4.81. The van der Waals surface area contributed by atoms with Gasteiger partial charge in [-0.2, -0.15) is 0 Å². The number of nitrogen functional groups attached to an aromatic ring is 1. The van der Waals surface area contributed by atoms with Crippen molar-refractivity contribution in [3.63, 3.8) is 0 Å². The van der Waals surface area contributed by atoms with Crippen molar-refractivity contribution in [2.24, 2.45) is 0 Å². The number of hydrogen-bond acceptors (Lipinski definition) is 5. The average Bonchev–Trinajstić information content (AvgIpc) is 2.55. The second kappa shape index (κ2) is 2.48. The van der Waals surface area contributed by atoms with E-state index in [0.29, 0.717) is 15.3 Å². The monoisotopic (exact) mass is 230 g/mol. The van der Waals surface area contributed by atoms with Crippen molar-refractivity contribution in [2.45, 2.75) is 6.29 Å². The van der Waals surface area contributed by atoms with Crippen LogP contribution in [0.25, 0.3) is 10.2 Å². The summed E-state index contributed by atoms with van der Waals surface area (Å²) in [6, 6.07) is 2.83. The fourth-order valence-corrected chi connectivity index (χ4v) is 2.13. The van der Waals surface area contributed by atoms with E-state index in [0.717, 1.165) is 0 Å². The molecule has 1 aromatic carbocycles. The average molecular weight is 230 g/mol. The van der Waals surface area contributed by atoms with Gasteiger partial charge >= 0.3 is 6.29 Å². The molecule has 0 amide bonds. The lowest BCUT2D eigenvalue weighted by Gasteiger charge is -2.04. The molecule has 0 saturated heterocycles. The Balaban J connectivity index is 2.21. The molecule has 0 unspecified atom stereocenters. The molecule has 78 valence electrons. The van der Waals surface area contributed by atoms with Gasteiger partial charge in [0, 0.05) is 12.1 Å². The molecule has 1 aliphatic heterocycles. The minimum absolute atomic E-state index is 0.0103. The van der Waals surface area contributed by atoms with E-state index >= 15 is 0 Å². The maximum Gasteiger partial charge on any atom is 0.586 e. The molecular weight excluding hydrogens is 226 g/mol. The van der Waals surface area contributed by atoms with Crippen LogP contribution in [0.5, 0.6) is 11.5 Å². The fourth-order valence-electron chi connectivity index (χ4n) is 1.39. The van der Waals surface area contributed by atoms with Crippen molar-refractivity contribution in [1.29, 1.82) is 0 Å². The number of nitrogens with two attached hydrogens (primary N) is 1. The number of thiazole rings is 1. The van der Waals surface area contributed by atoms with Crippen molar-refractivity contribution in [3.8, 4) is 11.5 Å². The summed E-state index contributed by atoms with van der Waals surface area (Å²) in [6.07, 6.45) is -3.59. The smallest absolute Gasteiger partial charge is 0.395 e. The number of hydrogen-bond donors (Lipinski definition) is 1. The Morgan fingerprint density at radius 1 is 1.27 bits per heavy atom. The van der Waals surface area contributed by atoms with E-state index in [1.54, 1.807) is 0 Å². The molecule has 0 atom stereocenters. The molecule has 0 radical (unpaired) electrons. The van der Waals surface area contributed by atoms with E-state index in [1.807, 2.05) is 0 Å². The molecule has 4 nitrogen and oxygen atoms in total. The van der Waals surface area contributed by atoms with Crippen LogP contribution in [0.4, 0.5) is 13.9 Å². The van der Waals surface area contributed by atoms with Crippen LogP contribution in [0.2, 0.25) is 0 Å². The number of anilines is 1. The second-order valence-electron chi connectivity index (χ2n) is 2.99. The van der Waals surface area contributed by atoms with Gasteiger partial charge in [-0.25, -0.2) is 4.98 Å². The minimum atomic E-state index is -3.59. The van der Waals surface area contributed by atoms with Crippen molar-refractivity contribution >= 4 is 26.7 Å². The highest BCUT2D eigenvalue weighted by Crippen LogP contribution is 2.44. The lowest BCUT2D eigenvalue weighted by molar-refractivity contribution is -0.286. The van der Waals surface area contributed by atoms with E-state index in [1.165, 1.54) is 23.5 Å². The lowest BCUT2D eigenvalue weighted by atomic mass is 10.3. The lowest BCUT2D eigenvalue weighted by Crippen LogP contribution is -2.25. The van der Waals surface area contributed by atoms with Gasteiger partial charge in [-0.15, -0.1) is 8.78 Å². The van der Waals surface area contributed by atoms with Gasteiger partial charge in [0.2, 0.25) is 0 Å². The summed E-state index contributed by atoms with van der Waals surface area (Å²) in [7, 11) is 0. The maximum atomic E-state index is 12.7. The molecule has 7 heteroatoms. The van der Waals surface area contributed by atoms with Crippen molar-refractivity contribution in [1.82, 2.24) is 4.98 Å². The van der Waals surface area contributed by atoms with Crippen LogP contribution in [-0.4, -0.2) is 11.3 Å². The van der Waals surface area contributed by atoms with Gasteiger partial charge in [0.25, 0.3) is 0 Å². The first-order valence-electron chi connectivity index (χ1n) is 3.99. The third kappa shape index (κ3) is 1.27. The Labute approximate surface area is 86.2 Å². The van der Waals surface area contributed by atoms with Crippen molar-refractivity contribution < 1.29 is 18.3 Å². The zero-order valence-electron chi connectivity index (χ0n) is 7.16. The van der Waals surface area contributed by atoms with Crippen molar-refractivity contribution in [3.05, 3.63) is 12.1 Å². The summed E-state index contributed by atoms with van der Waals surface area (Å²) in [4.78, 5) is 3.95. The van der Waals surface area contributed by atoms with Crippen LogP contribution in [0, 0.1) is 0 Å². The second-order valence-corrected chi connectivity index (χ2v) is 4.05. The Bertz CT molecular complexity index is 510. The van der Waals surface area contributed by atoms with Crippen LogP contribution in [0.3, 0.4) is 0 Å². The molecule has 0 aliphatic carbocycles. The third-order valence-corrected chi connectivity index (χ3v) is 2.78. The number of nitrogens with zero attached hydrogens (tertiary/aromatic N) is 1. The summed E-state index contributed by atoms with van der Waals surface area (Å²) in [5, 5.41) is 0.375. The number of benzene rings is 1. The summed E-state index contributed by atoms with van der Waals surface area (Å²) in [6.45, 7) is 0. The number of ether oxygens (including phenoxy) is 2. The van der Waals surface area contributed by atoms with Crippen LogP contribution < -0.4 is 15.2 Å². The molecule has 1 aromatic heterocycles. The first-order chi connectivity index (χ1) is 7.03. The van der Waals surface area contributed by atoms with E-state index in [4.69, 9.17) is 5.73 Å². The van der Waals surface area contributed by atoms with Crippen LogP contribution >= 0.6 is 11.3 Å². The molecule has 2 N–H and O–H groups in total. The van der Waals surface area contributed by atoms with Crippen molar-refractivity contribution in [2.75, 3.05) is 5.73 Å². The number of alkyl halides is 2. The summed E-state index contributed by atoms with van der Waals surface area (Å²) in [5.41, 5.74) is 6.01. The van der Waals surface area contributed by atoms with Gasteiger partial charge in [-0.1, -0.05) is 11.3 Å². The van der Waals surface area contributed by atoms with Gasteiger partial charge in [0.1, 0.15) is 0 Å². The molecule has 0 bridgehead atoms.